The fraction of sp³-hybridized carbons (Fsp3) is 0.700. The van der Waals surface area contributed by atoms with E-state index in [1.165, 1.54) is 38.5 Å². The number of hydrogen-bond donors (Lipinski definition) is 0. The van der Waals surface area contributed by atoms with Crippen LogP contribution >= 0.6 is 22.2 Å². The van der Waals surface area contributed by atoms with Gasteiger partial charge in [0.05, 0.1) is 0 Å². The molecule has 0 amide bonds. The molecule has 0 N–H and O–H groups in total. The summed E-state index contributed by atoms with van der Waals surface area (Å²) in [6.07, 6.45) is 8.85. The van der Waals surface area contributed by atoms with E-state index in [0.29, 0.717) is 10.5 Å². The van der Waals surface area contributed by atoms with E-state index in [2.05, 4.69) is 15.5 Å². The van der Waals surface area contributed by atoms with Gasteiger partial charge in [-0.25, -0.2) is 0 Å². The third kappa shape index (κ3) is 2.17. The first-order valence-electron chi connectivity index (χ1n) is 4.83. The minimum Gasteiger partial charge on any atom is -0.152 e. The molecule has 0 saturated heterocycles. The van der Waals surface area contributed by atoms with Crippen molar-refractivity contribution in [2.45, 2.75) is 43.8 Å². The molecule has 0 aromatic heterocycles. The molecular weight excluding hydrogens is 184 g/mol. The highest BCUT2D eigenvalue weighted by Gasteiger charge is 2.15. The lowest BCUT2D eigenvalue weighted by molar-refractivity contribution is 0.702. The molecule has 1 heterocycles. The van der Waals surface area contributed by atoms with Gasteiger partial charge in [0.25, 0.3) is 0 Å². The topological polar surface area (TPSA) is 0 Å². The van der Waals surface area contributed by atoms with Crippen LogP contribution in [0.25, 0.3) is 0 Å². The Morgan fingerprint density at radius 1 is 1.08 bits per heavy atom. The molecule has 2 heteroatoms. The van der Waals surface area contributed by atoms with Crippen LogP contribution in [-0.2, 0) is 0 Å². The van der Waals surface area contributed by atoms with Gasteiger partial charge in [-0.2, -0.15) is 10.5 Å². The molecular formula is C10H16S2. The molecule has 2 rings (SSSR count). The summed E-state index contributed by atoms with van der Waals surface area (Å²) in [5, 5.41) is 5.67. The molecule has 1 fully saturated rings. The lowest BCUT2D eigenvalue weighted by atomic mass is 10.2. The van der Waals surface area contributed by atoms with Crippen molar-refractivity contribution < 1.29 is 0 Å². The van der Waals surface area contributed by atoms with E-state index in [1.807, 2.05) is 11.8 Å². The molecule has 1 atom stereocenters. The van der Waals surface area contributed by atoms with Crippen molar-refractivity contribution in [1.82, 2.24) is 0 Å². The number of rotatable bonds is 1. The SMILES string of the molecule is C1=CS(C2CCCCCC2)=CS1. The van der Waals surface area contributed by atoms with Gasteiger partial charge in [0, 0.05) is 9.95 Å². The van der Waals surface area contributed by atoms with Gasteiger partial charge in [-0.05, 0) is 23.7 Å². The molecule has 0 bridgehead atoms. The zero-order chi connectivity index (χ0) is 8.23. The first-order valence-corrected chi connectivity index (χ1v) is 7.19. The largest absolute Gasteiger partial charge is 0.152 e. The lowest BCUT2D eigenvalue weighted by Crippen LogP contribution is -2.00. The van der Waals surface area contributed by atoms with E-state index in [-0.39, 0.29) is 0 Å². The van der Waals surface area contributed by atoms with Crippen molar-refractivity contribution in [3.63, 3.8) is 0 Å². The number of hydrogen-bond acceptors (Lipinski definition) is 1. The van der Waals surface area contributed by atoms with Gasteiger partial charge in [-0.1, -0.05) is 37.4 Å². The van der Waals surface area contributed by atoms with E-state index < -0.39 is 0 Å². The van der Waals surface area contributed by atoms with E-state index in [0.717, 1.165) is 5.25 Å². The maximum atomic E-state index is 2.44. The molecule has 0 aromatic rings. The van der Waals surface area contributed by atoms with Crippen molar-refractivity contribution >= 4 is 26.9 Å². The average Bonchev–Trinajstić information content (AvgIpc) is 2.48. The van der Waals surface area contributed by atoms with Crippen LogP contribution in [0.1, 0.15) is 38.5 Å². The van der Waals surface area contributed by atoms with E-state index in [1.54, 1.807) is 0 Å². The van der Waals surface area contributed by atoms with Gasteiger partial charge in [0.2, 0.25) is 0 Å². The standard InChI is InChI=1S/C10H16S2/c1-2-4-6-10(5-3-1)12-8-7-11-9-12/h7-10H,1-6H2. The highest BCUT2D eigenvalue weighted by molar-refractivity contribution is 8.36. The smallest absolute Gasteiger partial charge is 0.00407 e. The second-order valence-electron chi connectivity index (χ2n) is 3.53. The second-order valence-corrected chi connectivity index (χ2v) is 6.60. The Kier molecular flexibility index (Phi) is 3.35. The van der Waals surface area contributed by atoms with Crippen molar-refractivity contribution in [2.75, 3.05) is 0 Å². The molecule has 68 valence electrons. The summed E-state index contributed by atoms with van der Waals surface area (Å²) >= 11 is 1.89. The number of thioether (sulfide) groups is 1. The quantitative estimate of drug-likeness (QED) is 0.456. The normalized spacial score (nSPS) is 31.5. The molecule has 1 unspecified atom stereocenters. The van der Waals surface area contributed by atoms with Crippen LogP contribution in [0.15, 0.2) is 10.8 Å². The predicted molar refractivity (Wildman–Crippen MR) is 61.9 cm³/mol. The third-order valence-corrected chi connectivity index (χ3v) is 6.14. The minimum atomic E-state index is 0.533. The van der Waals surface area contributed by atoms with Crippen LogP contribution in [0.3, 0.4) is 0 Å². The fourth-order valence-electron chi connectivity index (χ4n) is 1.93. The average molecular weight is 200 g/mol. The molecule has 2 aliphatic rings. The van der Waals surface area contributed by atoms with Gasteiger partial charge in [-0.15, -0.1) is 0 Å². The molecule has 1 aliphatic heterocycles. The minimum absolute atomic E-state index is 0.533. The molecule has 0 radical (unpaired) electrons. The monoisotopic (exact) mass is 200 g/mol. The zero-order valence-corrected chi connectivity index (χ0v) is 9.00. The summed E-state index contributed by atoms with van der Waals surface area (Å²) in [4.78, 5) is 0. The highest BCUT2D eigenvalue weighted by atomic mass is 32.2. The zero-order valence-electron chi connectivity index (χ0n) is 7.37. The summed E-state index contributed by atoms with van der Waals surface area (Å²) < 4.78 is 2.44. The van der Waals surface area contributed by atoms with Crippen LogP contribution in [0.2, 0.25) is 0 Å². The van der Waals surface area contributed by atoms with Crippen LogP contribution in [0, 0.1) is 0 Å². The predicted octanol–water partition coefficient (Wildman–Crippen LogP) is 3.96. The van der Waals surface area contributed by atoms with Crippen LogP contribution in [0.5, 0.6) is 0 Å². The van der Waals surface area contributed by atoms with E-state index in [4.69, 9.17) is 0 Å². The Balaban J connectivity index is 1.96. The Morgan fingerprint density at radius 3 is 2.42 bits per heavy atom. The maximum absolute atomic E-state index is 2.44. The summed E-state index contributed by atoms with van der Waals surface area (Å²) in [6.45, 7) is 0. The van der Waals surface area contributed by atoms with Crippen molar-refractivity contribution in [3.05, 3.63) is 10.8 Å². The second kappa shape index (κ2) is 4.52. The Labute approximate surface area is 81.7 Å². The highest BCUT2D eigenvalue weighted by Crippen LogP contribution is 2.37. The summed E-state index contributed by atoms with van der Waals surface area (Å²) in [5.74, 6) is 0. The summed E-state index contributed by atoms with van der Waals surface area (Å²) in [6, 6.07) is 0. The van der Waals surface area contributed by atoms with Gasteiger partial charge in [0.15, 0.2) is 0 Å². The summed E-state index contributed by atoms with van der Waals surface area (Å²) in [7, 11) is 0.533. The maximum Gasteiger partial charge on any atom is 0.00407 e. The Morgan fingerprint density at radius 2 is 1.83 bits per heavy atom. The van der Waals surface area contributed by atoms with E-state index in [9.17, 15) is 0 Å². The first-order chi connectivity index (χ1) is 5.97. The lowest BCUT2D eigenvalue weighted by Gasteiger charge is -2.14. The first kappa shape index (κ1) is 8.89. The molecule has 0 spiro atoms. The molecule has 12 heavy (non-hydrogen) atoms. The van der Waals surface area contributed by atoms with Crippen molar-refractivity contribution in [3.8, 4) is 0 Å². The van der Waals surface area contributed by atoms with Crippen LogP contribution < -0.4 is 0 Å². The molecule has 1 saturated carbocycles. The molecule has 1 aliphatic carbocycles. The van der Waals surface area contributed by atoms with Crippen LogP contribution in [-0.4, -0.2) is 9.95 Å². The van der Waals surface area contributed by atoms with Gasteiger partial charge in [-0.3, -0.25) is 0 Å². The van der Waals surface area contributed by atoms with Crippen molar-refractivity contribution in [1.29, 1.82) is 0 Å². The molecule has 0 aromatic carbocycles. The summed E-state index contributed by atoms with van der Waals surface area (Å²) in [5.41, 5.74) is 0. The fourth-order valence-corrected chi connectivity index (χ4v) is 5.45. The Bertz CT molecular complexity index is 198. The van der Waals surface area contributed by atoms with Gasteiger partial charge in [0.1, 0.15) is 0 Å². The third-order valence-electron chi connectivity index (χ3n) is 2.65. The van der Waals surface area contributed by atoms with E-state index >= 15 is 0 Å². The Hall–Kier alpha value is 0.310. The van der Waals surface area contributed by atoms with Crippen molar-refractivity contribution in [2.24, 2.45) is 0 Å². The van der Waals surface area contributed by atoms with Gasteiger partial charge >= 0.3 is 0 Å². The molecule has 0 nitrogen and oxygen atoms in total. The van der Waals surface area contributed by atoms with Crippen LogP contribution in [0.4, 0.5) is 0 Å². The van der Waals surface area contributed by atoms with Gasteiger partial charge < -0.3 is 0 Å².